The summed E-state index contributed by atoms with van der Waals surface area (Å²) in [5.74, 6) is 0.179. The molecule has 0 saturated carbocycles. The van der Waals surface area contributed by atoms with Gasteiger partial charge in [0.15, 0.2) is 5.78 Å². The van der Waals surface area contributed by atoms with Crippen LogP contribution in [0.5, 0.6) is 0 Å². The molecule has 1 aliphatic heterocycles. The molecule has 1 aromatic carbocycles. The van der Waals surface area contributed by atoms with Gasteiger partial charge < -0.3 is 5.73 Å². The predicted molar refractivity (Wildman–Crippen MR) is 68.5 cm³/mol. The van der Waals surface area contributed by atoms with Crippen LogP contribution < -0.4 is 5.73 Å². The molecule has 3 nitrogen and oxygen atoms in total. The molecule has 1 fully saturated rings. The molecule has 1 saturated heterocycles. The lowest BCUT2D eigenvalue weighted by molar-refractivity contribution is -0.124. The number of nitrogens with two attached hydrogens (primary N) is 1. The van der Waals surface area contributed by atoms with E-state index in [0.717, 1.165) is 25.9 Å². The molecule has 0 amide bonds. The Morgan fingerprint density at radius 3 is 2.82 bits per heavy atom. The van der Waals surface area contributed by atoms with Crippen LogP contribution >= 0.6 is 0 Å². The number of carbonyl (C=O) groups is 1. The summed E-state index contributed by atoms with van der Waals surface area (Å²) < 4.78 is 0. The van der Waals surface area contributed by atoms with Gasteiger partial charge in [-0.1, -0.05) is 30.3 Å². The number of likely N-dealkylation sites (tertiary alicyclic amines) is 1. The third kappa shape index (κ3) is 2.93. The molecule has 0 bridgehead atoms. The van der Waals surface area contributed by atoms with Crippen molar-refractivity contribution in [1.29, 1.82) is 0 Å². The lowest BCUT2D eigenvalue weighted by atomic mass is 10.0. The first-order valence-corrected chi connectivity index (χ1v) is 6.26. The summed E-state index contributed by atoms with van der Waals surface area (Å²) in [7, 11) is 0. The first kappa shape index (κ1) is 12.3. The molecule has 1 aromatic rings. The molecule has 2 unspecified atom stereocenters. The van der Waals surface area contributed by atoms with Crippen molar-refractivity contribution < 1.29 is 4.79 Å². The summed E-state index contributed by atoms with van der Waals surface area (Å²) in [5, 5.41) is 0. The Bertz CT molecular complexity index is 375. The van der Waals surface area contributed by atoms with Crippen LogP contribution in [0, 0.1) is 0 Å². The third-order valence-corrected chi connectivity index (χ3v) is 3.37. The zero-order valence-corrected chi connectivity index (χ0v) is 10.3. The minimum absolute atomic E-state index is 0.0233. The molecule has 1 aliphatic rings. The van der Waals surface area contributed by atoms with Gasteiger partial charge in [0.2, 0.25) is 0 Å². The highest BCUT2D eigenvalue weighted by molar-refractivity contribution is 5.88. The Hall–Kier alpha value is -1.19. The highest BCUT2D eigenvalue weighted by Gasteiger charge is 2.31. The number of carbonyl (C=O) groups excluding carboxylic acids is 1. The third-order valence-electron chi connectivity index (χ3n) is 3.37. The molecule has 0 spiro atoms. The standard InChI is InChI=1S/C14H20N2O/c1-11(15)14(17)13-8-5-9-16(13)10-12-6-3-2-4-7-12/h2-4,6-7,11,13H,5,8-10,15H2,1H3. The smallest absolute Gasteiger partial charge is 0.166 e. The van der Waals surface area contributed by atoms with Crippen LogP contribution in [0.15, 0.2) is 30.3 Å². The van der Waals surface area contributed by atoms with E-state index in [2.05, 4.69) is 17.0 Å². The summed E-state index contributed by atoms with van der Waals surface area (Å²) in [4.78, 5) is 14.2. The van der Waals surface area contributed by atoms with E-state index in [0.29, 0.717) is 0 Å². The van der Waals surface area contributed by atoms with Gasteiger partial charge in [0.1, 0.15) is 0 Å². The van der Waals surface area contributed by atoms with Crippen molar-refractivity contribution in [3.8, 4) is 0 Å². The fourth-order valence-electron chi connectivity index (χ4n) is 2.46. The summed E-state index contributed by atoms with van der Waals surface area (Å²) in [5.41, 5.74) is 6.96. The van der Waals surface area contributed by atoms with Crippen LogP contribution in [0.3, 0.4) is 0 Å². The number of benzene rings is 1. The largest absolute Gasteiger partial charge is 0.322 e. The molecule has 0 radical (unpaired) electrons. The minimum Gasteiger partial charge on any atom is -0.322 e. The highest BCUT2D eigenvalue weighted by Crippen LogP contribution is 2.21. The second-order valence-corrected chi connectivity index (χ2v) is 4.81. The van der Waals surface area contributed by atoms with E-state index in [1.807, 2.05) is 18.2 Å². The Labute approximate surface area is 103 Å². The van der Waals surface area contributed by atoms with Crippen LogP contribution in [0.2, 0.25) is 0 Å². The molecule has 2 atom stereocenters. The minimum atomic E-state index is -0.351. The molecule has 1 heterocycles. The van der Waals surface area contributed by atoms with E-state index < -0.39 is 0 Å². The quantitative estimate of drug-likeness (QED) is 0.857. The van der Waals surface area contributed by atoms with Crippen molar-refractivity contribution in [3.05, 3.63) is 35.9 Å². The van der Waals surface area contributed by atoms with Gasteiger partial charge in [-0.3, -0.25) is 9.69 Å². The van der Waals surface area contributed by atoms with Crippen LogP contribution in [-0.4, -0.2) is 29.3 Å². The Balaban J connectivity index is 2.03. The van der Waals surface area contributed by atoms with E-state index >= 15 is 0 Å². The Morgan fingerprint density at radius 1 is 1.47 bits per heavy atom. The van der Waals surface area contributed by atoms with Gasteiger partial charge in [0.05, 0.1) is 12.1 Å². The fourth-order valence-corrected chi connectivity index (χ4v) is 2.46. The molecular weight excluding hydrogens is 212 g/mol. The van der Waals surface area contributed by atoms with Crippen LogP contribution in [0.4, 0.5) is 0 Å². The van der Waals surface area contributed by atoms with Crippen LogP contribution in [0.25, 0.3) is 0 Å². The van der Waals surface area contributed by atoms with Crippen molar-refractivity contribution in [1.82, 2.24) is 4.90 Å². The summed E-state index contributed by atoms with van der Waals surface area (Å²) in [6, 6.07) is 9.96. The molecule has 92 valence electrons. The second kappa shape index (κ2) is 5.43. The van der Waals surface area contributed by atoms with E-state index in [4.69, 9.17) is 5.73 Å². The van der Waals surface area contributed by atoms with Gasteiger partial charge in [0, 0.05) is 6.54 Å². The number of rotatable bonds is 4. The van der Waals surface area contributed by atoms with Crippen LogP contribution in [-0.2, 0) is 11.3 Å². The summed E-state index contributed by atoms with van der Waals surface area (Å²) in [6.45, 7) is 3.63. The van der Waals surface area contributed by atoms with Gasteiger partial charge in [0.25, 0.3) is 0 Å². The maximum atomic E-state index is 12.0. The van der Waals surface area contributed by atoms with E-state index in [9.17, 15) is 4.79 Å². The van der Waals surface area contributed by atoms with Gasteiger partial charge in [-0.2, -0.15) is 0 Å². The van der Waals surface area contributed by atoms with Crippen molar-refractivity contribution >= 4 is 5.78 Å². The Morgan fingerprint density at radius 2 is 2.18 bits per heavy atom. The lowest BCUT2D eigenvalue weighted by Crippen LogP contribution is -2.43. The van der Waals surface area contributed by atoms with Crippen molar-refractivity contribution in [2.24, 2.45) is 5.73 Å². The van der Waals surface area contributed by atoms with E-state index in [1.165, 1.54) is 5.56 Å². The maximum Gasteiger partial charge on any atom is 0.166 e. The first-order chi connectivity index (χ1) is 8.18. The monoisotopic (exact) mass is 232 g/mol. The first-order valence-electron chi connectivity index (χ1n) is 6.26. The highest BCUT2D eigenvalue weighted by atomic mass is 16.1. The fraction of sp³-hybridized carbons (Fsp3) is 0.500. The molecule has 0 aliphatic carbocycles. The molecule has 3 heteroatoms. The topological polar surface area (TPSA) is 46.3 Å². The maximum absolute atomic E-state index is 12.0. The number of hydrogen-bond acceptors (Lipinski definition) is 3. The van der Waals surface area contributed by atoms with Crippen molar-refractivity contribution in [3.63, 3.8) is 0 Å². The lowest BCUT2D eigenvalue weighted by Gasteiger charge is -2.24. The molecule has 17 heavy (non-hydrogen) atoms. The summed E-state index contributed by atoms with van der Waals surface area (Å²) in [6.07, 6.45) is 2.04. The number of Topliss-reactive ketones (excluding diaryl/α,β-unsaturated/α-hetero) is 1. The predicted octanol–water partition coefficient (Wildman–Crippen LogP) is 1.57. The number of nitrogens with zero attached hydrogens (tertiary/aromatic N) is 1. The molecule has 2 rings (SSSR count). The number of ketones is 1. The zero-order valence-electron chi connectivity index (χ0n) is 10.3. The van der Waals surface area contributed by atoms with Crippen molar-refractivity contribution in [2.75, 3.05) is 6.54 Å². The molecule has 0 aromatic heterocycles. The zero-order chi connectivity index (χ0) is 12.3. The normalized spacial score (nSPS) is 22.6. The van der Waals surface area contributed by atoms with Crippen LogP contribution in [0.1, 0.15) is 25.3 Å². The average molecular weight is 232 g/mol. The van der Waals surface area contributed by atoms with Gasteiger partial charge in [-0.05, 0) is 31.9 Å². The second-order valence-electron chi connectivity index (χ2n) is 4.81. The van der Waals surface area contributed by atoms with E-state index in [-0.39, 0.29) is 17.9 Å². The van der Waals surface area contributed by atoms with E-state index in [1.54, 1.807) is 6.92 Å². The Kier molecular flexibility index (Phi) is 3.92. The SMILES string of the molecule is CC(N)C(=O)C1CCCN1Cc1ccccc1. The molecular formula is C14H20N2O. The van der Waals surface area contributed by atoms with Gasteiger partial charge >= 0.3 is 0 Å². The molecule has 2 N–H and O–H groups in total. The van der Waals surface area contributed by atoms with Crippen molar-refractivity contribution in [2.45, 2.75) is 38.4 Å². The number of hydrogen-bond donors (Lipinski definition) is 1. The van der Waals surface area contributed by atoms with Gasteiger partial charge in [-0.25, -0.2) is 0 Å². The average Bonchev–Trinajstić information content (AvgIpc) is 2.77. The van der Waals surface area contributed by atoms with Gasteiger partial charge in [-0.15, -0.1) is 0 Å². The summed E-state index contributed by atoms with van der Waals surface area (Å²) >= 11 is 0.